The molecule has 1 atom stereocenters. The Kier molecular flexibility index (Phi) is 4.90. The molecule has 5 nitrogen and oxygen atoms in total. The number of carboxylic acids is 1. The summed E-state index contributed by atoms with van der Waals surface area (Å²) in [6, 6.07) is 0. The Morgan fingerprint density at radius 1 is 1.50 bits per heavy atom. The van der Waals surface area contributed by atoms with Gasteiger partial charge in [-0.05, 0) is 24.7 Å². The molecule has 1 unspecified atom stereocenters. The Hall–Kier alpha value is -1.36. The molecule has 0 radical (unpaired) electrons. The molecule has 0 aliphatic heterocycles. The molecule has 0 saturated heterocycles. The molecule has 0 aromatic rings. The summed E-state index contributed by atoms with van der Waals surface area (Å²) in [6.45, 7) is 4.58. The zero-order valence-corrected chi connectivity index (χ0v) is 11.2. The van der Waals surface area contributed by atoms with Crippen LogP contribution in [-0.2, 0) is 14.3 Å². The summed E-state index contributed by atoms with van der Waals surface area (Å²) in [6.07, 6.45) is 3.66. The SMILES string of the molecule is COCCC/C=C(\NC(=O)C1CC1(C)C)C(=O)O. The van der Waals surface area contributed by atoms with E-state index >= 15 is 0 Å². The summed E-state index contributed by atoms with van der Waals surface area (Å²) in [5.41, 5.74) is -0.0252. The monoisotopic (exact) mass is 255 g/mol. The molecule has 2 N–H and O–H groups in total. The van der Waals surface area contributed by atoms with E-state index in [4.69, 9.17) is 9.84 Å². The molecule has 1 aliphatic carbocycles. The Bertz CT molecular complexity index is 360. The van der Waals surface area contributed by atoms with Crippen molar-refractivity contribution in [2.45, 2.75) is 33.1 Å². The number of nitrogens with one attached hydrogen (secondary N) is 1. The van der Waals surface area contributed by atoms with Gasteiger partial charge in [0, 0.05) is 19.6 Å². The first-order valence-electron chi connectivity index (χ1n) is 6.11. The number of amides is 1. The predicted octanol–water partition coefficient (Wildman–Crippen LogP) is 1.54. The smallest absolute Gasteiger partial charge is 0.352 e. The molecule has 0 heterocycles. The van der Waals surface area contributed by atoms with Gasteiger partial charge in [0.2, 0.25) is 5.91 Å². The molecule has 18 heavy (non-hydrogen) atoms. The van der Waals surface area contributed by atoms with Gasteiger partial charge < -0.3 is 15.2 Å². The Morgan fingerprint density at radius 3 is 2.56 bits per heavy atom. The minimum absolute atomic E-state index is 0.00372. The lowest BCUT2D eigenvalue weighted by molar-refractivity contribution is -0.135. The van der Waals surface area contributed by atoms with Crippen LogP contribution in [0.5, 0.6) is 0 Å². The molecule has 0 bridgehead atoms. The fraction of sp³-hybridized carbons (Fsp3) is 0.692. The van der Waals surface area contributed by atoms with Crippen LogP contribution in [-0.4, -0.2) is 30.7 Å². The van der Waals surface area contributed by atoms with Crippen molar-refractivity contribution in [3.05, 3.63) is 11.8 Å². The number of aliphatic carboxylic acids is 1. The lowest BCUT2D eigenvalue weighted by atomic mass is 10.1. The largest absolute Gasteiger partial charge is 0.477 e. The number of allylic oxidation sites excluding steroid dienone is 1. The molecule has 0 aromatic heterocycles. The average molecular weight is 255 g/mol. The summed E-state index contributed by atoms with van der Waals surface area (Å²) in [5, 5.41) is 11.5. The third-order valence-electron chi connectivity index (χ3n) is 3.22. The molecular formula is C13H21NO4. The number of methoxy groups -OCH3 is 1. The van der Waals surface area contributed by atoms with E-state index in [0.29, 0.717) is 13.0 Å². The van der Waals surface area contributed by atoms with Crippen molar-refractivity contribution in [3.8, 4) is 0 Å². The molecular weight excluding hydrogens is 234 g/mol. The lowest BCUT2D eigenvalue weighted by Crippen LogP contribution is -2.29. The molecule has 0 spiro atoms. The van der Waals surface area contributed by atoms with Crippen molar-refractivity contribution in [2.75, 3.05) is 13.7 Å². The molecule has 5 heteroatoms. The van der Waals surface area contributed by atoms with Crippen molar-refractivity contribution >= 4 is 11.9 Å². The zero-order chi connectivity index (χ0) is 13.8. The minimum Gasteiger partial charge on any atom is -0.477 e. The zero-order valence-electron chi connectivity index (χ0n) is 11.2. The van der Waals surface area contributed by atoms with Gasteiger partial charge in [0.25, 0.3) is 0 Å². The second kappa shape index (κ2) is 6.00. The lowest BCUT2D eigenvalue weighted by Gasteiger charge is -2.07. The van der Waals surface area contributed by atoms with Gasteiger partial charge in [-0.15, -0.1) is 0 Å². The van der Waals surface area contributed by atoms with Crippen LogP contribution in [0.15, 0.2) is 11.8 Å². The molecule has 1 aliphatic rings. The van der Waals surface area contributed by atoms with Gasteiger partial charge in [-0.1, -0.05) is 19.9 Å². The van der Waals surface area contributed by atoms with Crippen molar-refractivity contribution in [2.24, 2.45) is 11.3 Å². The van der Waals surface area contributed by atoms with Crippen LogP contribution in [0.1, 0.15) is 33.1 Å². The summed E-state index contributed by atoms with van der Waals surface area (Å²) in [4.78, 5) is 22.8. The second-order valence-corrected chi connectivity index (χ2v) is 5.29. The summed E-state index contributed by atoms with van der Waals surface area (Å²) in [7, 11) is 1.60. The first kappa shape index (κ1) is 14.7. The minimum atomic E-state index is -1.10. The third kappa shape index (κ3) is 4.14. The van der Waals surface area contributed by atoms with Gasteiger partial charge in [0.05, 0.1) is 0 Å². The highest BCUT2D eigenvalue weighted by molar-refractivity contribution is 5.94. The highest BCUT2D eigenvalue weighted by Crippen LogP contribution is 2.51. The van der Waals surface area contributed by atoms with Crippen LogP contribution < -0.4 is 5.32 Å². The maximum Gasteiger partial charge on any atom is 0.352 e. The number of unbranched alkanes of at least 4 members (excludes halogenated alkanes) is 1. The molecule has 102 valence electrons. The Balaban J connectivity index is 2.48. The number of carbonyl (C=O) groups is 2. The number of rotatable bonds is 7. The van der Waals surface area contributed by atoms with Gasteiger partial charge >= 0.3 is 5.97 Å². The maximum absolute atomic E-state index is 11.8. The van der Waals surface area contributed by atoms with Gasteiger partial charge in [0.15, 0.2) is 0 Å². The van der Waals surface area contributed by atoms with Crippen molar-refractivity contribution < 1.29 is 19.4 Å². The maximum atomic E-state index is 11.8. The Labute approximate surface area is 107 Å². The average Bonchev–Trinajstić information content (AvgIpc) is 2.92. The van der Waals surface area contributed by atoms with Crippen LogP contribution in [0, 0.1) is 11.3 Å². The van der Waals surface area contributed by atoms with E-state index in [2.05, 4.69) is 5.32 Å². The van der Waals surface area contributed by atoms with Gasteiger partial charge in [-0.25, -0.2) is 4.79 Å². The van der Waals surface area contributed by atoms with Crippen LogP contribution in [0.25, 0.3) is 0 Å². The number of hydrogen-bond donors (Lipinski definition) is 2. The highest BCUT2D eigenvalue weighted by Gasteiger charge is 2.50. The number of carbonyl (C=O) groups excluding carboxylic acids is 1. The summed E-state index contributed by atoms with van der Waals surface area (Å²) in [5.74, 6) is -1.36. The normalized spacial score (nSPS) is 21.5. The first-order chi connectivity index (χ1) is 8.38. The summed E-state index contributed by atoms with van der Waals surface area (Å²) < 4.78 is 4.88. The van der Waals surface area contributed by atoms with Gasteiger partial charge in [-0.2, -0.15) is 0 Å². The number of carboxylic acid groups (broad SMARTS) is 1. The van der Waals surface area contributed by atoms with E-state index in [9.17, 15) is 9.59 Å². The van der Waals surface area contributed by atoms with Crippen molar-refractivity contribution in [1.82, 2.24) is 5.32 Å². The van der Waals surface area contributed by atoms with E-state index in [1.807, 2.05) is 13.8 Å². The molecule has 1 fully saturated rings. The van der Waals surface area contributed by atoms with E-state index in [1.54, 1.807) is 7.11 Å². The topological polar surface area (TPSA) is 75.6 Å². The van der Waals surface area contributed by atoms with Crippen LogP contribution >= 0.6 is 0 Å². The first-order valence-corrected chi connectivity index (χ1v) is 6.11. The molecule has 1 amide bonds. The molecule has 0 aromatic carbocycles. The van der Waals surface area contributed by atoms with Crippen molar-refractivity contribution in [3.63, 3.8) is 0 Å². The fourth-order valence-corrected chi connectivity index (χ4v) is 1.80. The second-order valence-electron chi connectivity index (χ2n) is 5.29. The summed E-state index contributed by atoms with van der Waals surface area (Å²) >= 11 is 0. The quantitative estimate of drug-likeness (QED) is 0.534. The van der Waals surface area contributed by atoms with Gasteiger partial charge in [0.1, 0.15) is 5.70 Å². The third-order valence-corrected chi connectivity index (χ3v) is 3.22. The van der Waals surface area contributed by atoms with Crippen LogP contribution in [0.3, 0.4) is 0 Å². The van der Waals surface area contributed by atoms with E-state index in [-0.39, 0.29) is 22.9 Å². The fourth-order valence-electron chi connectivity index (χ4n) is 1.80. The van der Waals surface area contributed by atoms with E-state index in [1.165, 1.54) is 6.08 Å². The van der Waals surface area contributed by atoms with E-state index in [0.717, 1.165) is 12.8 Å². The Morgan fingerprint density at radius 2 is 2.11 bits per heavy atom. The van der Waals surface area contributed by atoms with Crippen LogP contribution in [0.2, 0.25) is 0 Å². The van der Waals surface area contributed by atoms with Crippen LogP contribution in [0.4, 0.5) is 0 Å². The predicted molar refractivity (Wildman–Crippen MR) is 66.9 cm³/mol. The standard InChI is InChI=1S/C13H21NO4/c1-13(2)8-9(13)11(15)14-10(12(16)17)6-4-5-7-18-3/h6,9H,4-5,7-8H2,1-3H3,(H,14,15)(H,16,17)/b10-6-. The number of ether oxygens (including phenoxy) is 1. The number of hydrogen-bond acceptors (Lipinski definition) is 3. The van der Waals surface area contributed by atoms with Crippen molar-refractivity contribution in [1.29, 1.82) is 0 Å². The van der Waals surface area contributed by atoms with Gasteiger partial charge in [-0.3, -0.25) is 4.79 Å². The molecule has 1 rings (SSSR count). The highest BCUT2D eigenvalue weighted by atomic mass is 16.5. The van der Waals surface area contributed by atoms with E-state index < -0.39 is 5.97 Å². The molecule has 1 saturated carbocycles.